The molecule has 1 atom stereocenters. The number of tetrazole rings is 1. The van der Waals surface area contributed by atoms with Gasteiger partial charge in [-0.1, -0.05) is 31.2 Å². The maximum absolute atomic E-state index is 5.61. The largest absolute Gasteiger partial charge is 0.495 e. The van der Waals surface area contributed by atoms with E-state index in [-0.39, 0.29) is 11.6 Å². The first-order chi connectivity index (χ1) is 16.4. The molecule has 1 aliphatic rings. The highest BCUT2D eigenvalue weighted by Gasteiger charge is 2.34. The van der Waals surface area contributed by atoms with E-state index in [1.165, 1.54) is 11.3 Å². The van der Waals surface area contributed by atoms with Crippen LogP contribution in [0.15, 0.2) is 48.5 Å². The Hall–Kier alpha value is -3.13. The monoisotopic (exact) mass is 463 g/mol. The van der Waals surface area contributed by atoms with Crippen LogP contribution < -0.4 is 14.5 Å². The minimum Gasteiger partial charge on any atom is -0.495 e. The van der Waals surface area contributed by atoms with Crippen LogP contribution in [0, 0.1) is 0 Å². The van der Waals surface area contributed by atoms with Gasteiger partial charge in [-0.05, 0) is 60.5 Å². The molecule has 34 heavy (non-hydrogen) atoms. The Morgan fingerprint density at radius 1 is 1.00 bits per heavy atom. The minimum atomic E-state index is -0.167. The fraction of sp³-hybridized carbons (Fsp3) is 0.500. The second-order valence-electron chi connectivity index (χ2n) is 9.70. The predicted molar refractivity (Wildman–Crippen MR) is 137 cm³/mol. The summed E-state index contributed by atoms with van der Waals surface area (Å²) >= 11 is 0. The summed E-state index contributed by atoms with van der Waals surface area (Å²) in [5.74, 6) is 1.82. The quantitative estimate of drug-likeness (QED) is 0.503. The Morgan fingerprint density at radius 2 is 1.68 bits per heavy atom. The molecule has 0 N–H and O–H groups in total. The molecule has 1 aromatic heterocycles. The Balaban J connectivity index is 1.66. The van der Waals surface area contributed by atoms with Crippen LogP contribution in [0.2, 0.25) is 0 Å². The van der Waals surface area contributed by atoms with Crippen LogP contribution in [0.25, 0.3) is 0 Å². The van der Waals surface area contributed by atoms with Crippen LogP contribution in [-0.4, -0.2) is 72.5 Å². The standard InChI is InChI=1S/C26H37N7O/c1-7-26(2,3)33-25(27-28-29-33)24(20-12-14-21(15-13-20)30(4)5)32-18-16-31(17-19-32)22-10-8-9-11-23(22)34-6/h8-15,24H,7,16-19H2,1-6H3/t24-/m1/s1. The van der Waals surface area contributed by atoms with Crippen molar-refractivity contribution in [1.29, 1.82) is 0 Å². The molecule has 0 radical (unpaired) electrons. The van der Waals surface area contributed by atoms with Gasteiger partial charge in [-0.25, -0.2) is 4.68 Å². The summed E-state index contributed by atoms with van der Waals surface area (Å²) in [7, 11) is 5.86. The Bertz CT molecular complexity index is 1070. The van der Waals surface area contributed by atoms with Gasteiger partial charge in [0.25, 0.3) is 0 Å². The van der Waals surface area contributed by atoms with Crippen molar-refractivity contribution < 1.29 is 4.74 Å². The van der Waals surface area contributed by atoms with E-state index < -0.39 is 0 Å². The SMILES string of the molecule is CCC(C)(C)n1nnnc1[C@@H](c1ccc(N(C)C)cc1)N1CCN(c2ccccc2OC)CC1. The third-order valence-electron chi connectivity index (χ3n) is 7.01. The molecule has 0 saturated carbocycles. The van der Waals surface area contributed by atoms with Crippen LogP contribution in [0.1, 0.15) is 44.6 Å². The predicted octanol–water partition coefficient (Wildman–Crippen LogP) is 3.80. The maximum Gasteiger partial charge on any atom is 0.173 e. The molecule has 0 unspecified atom stereocenters. The summed E-state index contributed by atoms with van der Waals surface area (Å²) in [6.07, 6.45) is 0.943. The maximum atomic E-state index is 5.61. The lowest BCUT2D eigenvalue weighted by atomic mass is 9.98. The average molecular weight is 464 g/mol. The molecule has 1 fully saturated rings. The average Bonchev–Trinajstić information content (AvgIpc) is 3.35. The van der Waals surface area contributed by atoms with Gasteiger partial charge in [-0.3, -0.25) is 4.90 Å². The highest BCUT2D eigenvalue weighted by molar-refractivity contribution is 5.58. The normalized spacial score (nSPS) is 15.9. The van der Waals surface area contributed by atoms with Crippen molar-refractivity contribution in [2.24, 2.45) is 0 Å². The third-order valence-corrected chi connectivity index (χ3v) is 7.01. The highest BCUT2D eigenvalue weighted by atomic mass is 16.5. The minimum absolute atomic E-state index is 0.0168. The van der Waals surface area contributed by atoms with Crippen molar-refractivity contribution in [3.63, 3.8) is 0 Å². The molecule has 2 heterocycles. The molecular weight excluding hydrogens is 426 g/mol. The number of benzene rings is 2. The van der Waals surface area contributed by atoms with Crippen molar-refractivity contribution in [3.8, 4) is 5.75 Å². The van der Waals surface area contributed by atoms with E-state index in [4.69, 9.17) is 4.74 Å². The second kappa shape index (κ2) is 10.0. The lowest BCUT2D eigenvalue weighted by Gasteiger charge is -2.41. The topological polar surface area (TPSA) is 62.6 Å². The van der Waals surface area contributed by atoms with Gasteiger partial charge >= 0.3 is 0 Å². The zero-order chi connectivity index (χ0) is 24.3. The smallest absolute Gasteiger partial charge is 0.173 e. The molecule has 1 saturated heterocycles. The van der Waals surface area contributed by atoms with Crippen molar-refractivity contribution in [1.82, 2.24) is 25.1 Å². The van der Waals surface area contributed by atoms with Gasteiger partial charge in [0.15, 0.2) is 5.82 Å². The van der Waals surface area contributed by atoms with Crippen LogP contribution in [0.3, 0.4) is 0 Å². The fourth-order valence-corrected chi connectivity index (χ4v) is 4.54. The summed E-state index contributed by atoms with van der Waals surface area (Å²) in [6, 6.07) is 17.0. The molecule has 3 aromatic rings. The van der Waals surface area contributed by atoms with Gasteiger partial charge in [-0.15, -0.1) is 5.10 Å². The molecular formula is C26H37N7O. The zero-order valence-electron chi connectivity index (χ0n) is 21.3. The summed E-state index contributed by atoms with van der Waals surface area (Å²) in [4.78, 5) is 7.03. The molecule has 4 rings (SSSR count). The summed E-state index contributed by atoms with van der Waals surface area (Å²) < 4.78 is 7.63. The van der Waals surface area contributed by atoms with Gasteiger partial charge < -0.3 is 14.5 Å². The fourth-order valence-electron chi connectivity index (χ4n) is 4.54. The number of ether oxygens (including phenoxy) is 1. The summed E-state index contributed by atoms with van der Waals surface area (Å²) in [5, 5.41) is 13.1. The molecule has 2 aromatic carbocycles. The number of piperazine rings is 1. The Kier molecular flexibility index (Phi) is 7.07. The lowest BCUT2D eigenvalue weighted by Crippen LogP contribution is -2.49. The molecule has 0 bridgehead atoms. The Labute approximate surface area is 203 Å². The van der Waals surface area contributed by atoms with Crippen LogP contribution >= 0.6 is 0 Å². The molecule has 0 aliphatic carbocycles. The number of aromatic nitrogens is 4. The van der Waals surface area contributed by atoms with Crippen molar-refractivity contribution in [2.45, 2.75) is 38.8 Å². The molecule has 8 heteroatoms. The van der Waals surface area contributed by atoms with E-state index in [2.05, 4.69) is 101 Å². The van der Waals surface area contributed by atoms with Gasteiger partial charge in [-0.2, -0.15) is 0 Å². The number of hydrogen-bond acceptors (Lipinski definition) is 7. The third kappa shape index (κ3) is 4.73. The number of rotatable bonds is 8. The van der Waals surface area contributed by atoms with E-state index in [1.807, 2.05) is 16.8 Å². The first-order valence-corrected chi connectivity index (χ1v) is 12.0. The number of anilines is 2. The van der Waals surface area contributed by atoms with E-state index >= 15 is 0 Å². The molecule has 0 spiro atoms. The first-order valence-electron chi connectivity index (χ1n) is 12.0. The van der Waals surface area contributed by atoms with Crippen molar-refractivity contribution in [3.05, 3.63) is 59.9 Å². The number of nitrogens with zero attached hydrogens (tertiary/aromatic N) is 7. The first kappa shape index (κ1) is 24.0. The Morgan fingerprint density at radius 3 is 2.29 bits per heavy atom. The van der Waals surface area contributed by atoms with Gasteiger partial charge in [0.05, 0.1) is 24.4 Å². The summed E-state index contributed by atoms with van der Waals surface area (Å²) in [6.45, 7) is 10.2. The van der Waals surface area contributed by atoms with E-state index in [0.717, 1.165) is 49.9 Å². The van der Waals surface area contributed by atoms with Crippen molar-refractivity contribution >= 4 is 11.4 Å². The molecule has 8 nitrogen and oxygen atoms in total. The van der Waals surface area contributed by atoms with E-state index in [0.29, 0.717) is 0 Å². The molecule has 182 valence electrons. The van der Waals surface area contributed by atoms with Crippen LogP contribution in [-0.2, 0) is 5.54 Å². The van der Waals surface area contributed by atoms with Crippen LogP contribution in [0.5, 0.6) is 5.75 Å². The van der Waals surface area contributed by atoms with Gasteiger partial charge in [0.2, 0.25) is 0 Å². The van der Waals surface area contributed by atoms with Crippen molar-refractivity contribution in [2.75, 3.05) is 57.2 Å². The van der Waals surface area contributed by atoms with E-state index in [1.54, 1.807) is 7.11 Å². The molecule has 0 amide bonds. The van der Waals surface area contributed by atoms with Crippen LogP contribution in [0.4, 0.5) is 11.4 Å². The second-order valence-corrected chi connectivity index (χ2v) is 9.70. The number of methoxy groups -OCH3 is 1. The molecule has 1 aliphatic heterocycles. The zero-order valence-corrected chi connectivity index (χ0v) is 21.3. The van der Waals surface area contributed by atoms with Gasteiger partial charge in [0, 0.05) is 46.0 Å². The van der Waals surface area contributed by atoms with E-state index in [9.17, 15) is 0 Å². The highest BCUT2D eigenvalue weighted by Crippen LogP contribution is 2.34. The van der Waals surface area contributed by atoms with Gasteiger partial charge in [0.1, 0.15) is 5.75 Å². The summed E-state index contributed by atoms with van der Waals surface area (Å²) in [5.41, 5.74) is 3.37. The number of hydrogen-bond donors (Lipinski definition) is 0. The lowest BCUT2D eigenvalue weighted by molar-refractivity contribution is 0.187. The number of para-hydroxylation sites is 2.